The standard InChI is InChI=1S/C54H94O7S/c1-3-5-7-9-11-13-15-17-19-21-23-25-27-29-31-33-35-37-39-41-43-47-60-53(55)51-46-45-50(62(57,58)59)49-52(51)54(56)61-48-44-42-40-38-36-34-32-30-28-26-24-22-20-18-16-14-12-10-8-6-4-2/h23-26,45-46,49H,3-22,27-44,47-48H2,1-2H3,(H,57,58,59)/b25-23+,26-24+. The first kappa shape index (κ1) is 57.6. The Hall–Kier alpha value is -2.45. The van der Waals surface area contributed by atoms with E-state index in [1.165, 1.54) is 199 Å². The molecule has 0 radical (unpaired) electrons. The smallest absolute Gasteiger partial charge is 0.339 e. The maximum atomic E-state index is 13.0. The number of hydrogen-bond acceptors (Lipinski definition) is 6. The van der Waals surface area contributed by atoms with Crippen molar-refractivity contribution < 1.29 is 32.0 Å². The van der Waals surface area contributed by atoms with Crippen LogP contribution < -0.4 is 0 Å². The third-order valence-electron chi connectivity index (χ3n) is 12.0. The molecule has 0 saturated heterocycles. The van der Waals surface area contributed by atoms with Crippen molar-refractivity contribution in [2.24, 2.45) is 0 Å². The molecule has 358 valence electrons. The van der Waals surface area contributed by atoms with E-state index in [9.17, 15) is 22.6 Å². The van der Waals surface area contributed by atoms with Crippen LogP contribution in [0.15, 0.2) is 47.4 Å². The topological polar surface area (TPSA) is 107 Å². The Kier molecular flexibility index (Phi) is 39.5. The van der Waals surface area contributed by atoms with E-state index < -0.39 is 27.0 Å². The highest BCUT2D eigenvalue weighted by Crippen LogP contribution is 2.20. The first-order chi connectivity index (χ1) is 30.3. The lowest BCUT2D eigenvalue weighted by molar-refractivity contribution is 0.0450. The summed E-state index contributed by atoms with van der Waals surface area (Å²) in [5.41, 5.74) is -0.271. The molecule has 1 N–H and O–H groups in total. The molecule has 0 aliphatic carbocycles. The average molecular weight is 887 g/mol. The van der Waals surface area contributed by atoms with Crippen LogP contribution in [-0.2, 0) is 19.6 Å². The number of allylic oxidation sites excluding steroid dienone is 4. The van der Waals surface area contributed by atoms with E-state index in [0.717, 1.165) is 57.1 Å². The zero-order valence-electron chi connectivity index (χ0n) is 40.1. The van der Waals surface area contributed by atoms with Crippen LogP contribution in [0.2, 0.25) is 0 Å². The number of hydrogen-bond donors (Lipinski definition) is 1. The molecule has 62 heavy (non-hydrogen) atoms. The summed E-state index contributed by atoms with van der Waals surface area (Å²) >= 11 is 0. The van der Waals surface area contributed by atoms with E-state index in [1.807, 2.05) is 0 Å². The SMILES string of the molecule is CCCCCCCCCCC/C=C/CCCCCCCCCCOC(=O)c1ccc(S(=O)(=O)O)cc1C(=O)OCCCCCCCCCC/C=C/CCCCCCCCCCC. The van der Waals surface area contributed by atoms with Crippen molar-refractivity contribution in [1.29, 1.82) is 0 Å². The normalized spacial score (nSPS) is 11.9. The second kappa shape index (κ2) is 42.5. The predicted octanol–water partition coefficient (Wildman–Crippen LogP) is 17.2. The number of ether oxygens (including phenoxy) is 2. The Bertz CT molecular complexity index is 1370. The second-order valence-corrected chi connectivity index (χ2v) is 19.3. The van der Waals surface area contributed by atoms with Crippen LogP contribution >= 0.6 is 0 Å². The Labute approximate surface area is 382 Å². The first-order valence-electron chi connectivity index (χ1n) is 26.1. The van der Waals surface area contributed by atoms with Crippen molar-refractivity contribution in [3.05, 3.63) is 53.6 Å². The molecule has 0 bridgehead atoms. The van der Waals surface area contributed by atoms with Crippen LogP contribution in [0.25, 0.3) is 0 Å². The summed E-state index contributed by atoms with van der Waals surface area (Å²) in [6.07, 6.45) is 56.7. The molecular formula is C54H94O7S. The zero-order chi connectivity index (χ0) is 45.0. The molecule has 8 heteroatoms. The highest BCUT2D eigenvalue weighted by molar-refractivity contribution is 7.85. The summed E-state index contributed by atoms with van der Waals surface area (Å²) in [4.78, 5) is 25.5. The molecule has 0 unspecified atom stereocenters. The van der Waals surface area contributed by atoms with Crippen LogP contribution in [0.5, 0.6) is 0 Å². The summed E-state index contributed by atoms with van der Waals surface area (Å²) in [7, 11) is -4.57. The number of benzene rings is 1. The van der Waals surface area contributed by atoms with Gasteiger partial charge in [-0.25, -0.2) is 9.59 Å². The van der Waals surface area contributed by atoms with Gasteiger partial charge in [0.15, 0.2) is 0 Å². The molecule has 1 rings (SSSR count). The van der Waals surface area contributed by atoms with Crippen molar-refractivity contribution in [2.45, 2.75) is 263 Å². The van der Waals surface area contributed by atoms with Gasteiger partial charge >= 0.3 is 11.9 Å². The van der Waals surface area contributed by atoms with Gasteiger partial charge in [0.25, 0.3) is 10.1 Å². The van der Waals surface area contributed by atoms with Gasteiger partial charge in [0.1, 0.15) is 0 Å². The quantitative estimate of drug-likeness (QED) is 0.0301. The second-order valence-electron chi connectivity index (χ2n) is 17.9. The van der Waals surface area contributed by atoms with E-state index in [-0.39, 0.29) is 24.3 Å². The molecule has 0 amide bonds. The van der Waals surface area contributed by atoms with Crippen molar-refractivity contribution in [2.75, 3.05) is 13.2 Å². The Morgan fingerprint density at radius 3 is 1.00 bits per heavy atom. The minimum atomic E-state index is -4.57. The molecule has 0 spiro atoms. The van der Waals surface area contributed by atoms with Gasteiger partial charge in [0.05, 0.1) is 29.2 Å². The van der Waals surface area contributed by atoms with Crippen LogP contribution in [0.3, 0.4) is 0 Å². The lowest BCUT2D eigenvalue weighted by atomic mass is 10.1. The third kappa shape index (κ3) is 35.0. The van der Waals surface area contributed by atoms with Crippen LogP contribution in [0, 0.1) is 0 Å². The molecule has 7 nitrogen and oxygen atoms in total. The van der Waals surface area contributed by atoms with Gasteiger partial charge < -0.3 is 9.47 Å². The number of carbonyl (C=O) groups is 2. The average Bonchev–Trinajstić information content (AvgIpc) is 3.26. The number of unbranched alkanes of at least 4 members (excludes halogenated alkanes) is 34. The van der Waals surface area contributed by atoms with Crippen molar-refractivity contribution in [3.63, 3.8) is 0 Å². The van der Waals surface area contributed by atoms with Crippen molar-refractivity contribution in [1.82, 2.24) is 0 Å². The lowest BCUT2D eigenvalue weighted by Gasteiger charge is -2.11. The molecule has 0 aromatic heterocycles. The minimum absolute atomic E-state index is 0.0602. The van der Waals surface area contributed by atoms with Gasteiger partial charge in [-0.2, -0.15) is 8.42 Å². The van der Waals surface area contributed by atoms with Gasteiger partial charge in [-0.15, -0.1) is 0 Å². The Balaban J connectivity index is 2.13. The fourth-order valence-corrected chi connectivity index (χ4v) is 8.49. The fourth-order valence-electron chi connectivity index (χ4n) is 7.98. The first-order valence-corrected chi connectivity index (χ1v) is 27.5. The number of carbonyl (C=O) groups excluding carboxylic acids is 2. The maximum absolute atomic E-state index is 13.0. The highest BCUT2D eigenvalue weighted by Gasteiger charge is 2.23. The van der Waals surface area contributed by atoms with Crippen LogP contribution in [0.1, 0.15) is 279 Å². The summed E-state index contributed by atoms with van der Waals surface area (Å²) < 4.78 is 44.1. The summed E-state index contributed by atoms with van der Waals surface area (Å²) in [5.74, 6) is -1.50. The Morgan fingerprint density at radius 2 is 0.694 bits per heavy atom. The van der Waals surface area contributed by atoms with Gasteiger partial charge in [0, 0.05) is 0 Å². The van der Waals surface area contributed by atoms with Gasteiger partial charge in [-0.3, -0.25) is 4.55 Å². The van der Waals surface area contributed by atoms with E-state index in [1.54, 1.807) is 0 Å². The van der Waals surface area contributed by atoms with E-state index >= 15 is 0 Å². The van der Waals surface area contributed by atoms with Crippen molar-refractivity contribution >= 4 is 22.1 Å². The Morgan fingerprint density at radius 1 is 0.419 bits per heavy atom. The van der Waals surface area contributed by atoms with Crippen molar-refractivity contribution in [3.8, 4) is 0 Å². The van der Waals surface area contributed by atoms with Gasteiger partial charge in [-0.1, -0.05) is 218 Å². The molecule has 0 atom stereocenters. The molecule has 0 saturated carbocycles. The van der Waals surface area contributed by atoms with Gasteiger partial charge in [0.2, 0.25) is 0 Å². The fraction of sp³-hybridized carbons (Fsp3) is 0.778. The molecule has 0 aliphatic heterocycles. The van der Waals surface area contributed by atoms with Crippen LogP contribution in [-0.4, -0.2) is 38.1 Å². The molecule has 0 heterocycles. The maximum Gasteiger partial charge on any atom is 0.339 e. The summed E-state index contributed by atoms with van der Waals surface area (Å²) in [6.45, 7) is 4.93. The molecular weight excluding hydrogens is 793 g/mol. The minimum Gasteiger partial charge on any atom is -0.462 e. The molecule has 0 aliphatic rings. The van der Waals surface area contributed by atoms with E-state index in [4.69, 9.17) is 9.47 Å². The largest absolute Gasteiger partial charge is 0.462 e. The monoisotopic (exact) mass is 887 g/mol. The predicted molar refractivity (Wildman–Crippen MR) is 262 cm³/mol. The summed E-state index contributed by atoms with van der Waals surface area (Å²) in [5, 5.41) is 0. The van der Waals surface area contributed by atoms with Crippen LogP contribution in [0.4, 0.5) is 0 Å². The molecule has 1 aromatic carbocycles. The number of esters is 2. The third-order valence-corrected chi connectivity index (χ3v) is 12.9. The van der Waals surface area contributed by atoms with E-state index in [2.05, 4.69) is 38.2 Å². The summed E-state index contributed by atoms with van der Waals surface area (Å²) in [6, 6.07) is 3.32. The van der Waals surface area contributed by atoms with E-state index in [0.29, 0.717) is 6.42 Å². The zero-order valence-corrected chi connectivity index (χ0v) is 40.9. The highest BCUT2D eigenvalue weighted by atomic mass is 32.2. The van der Waals surface area contributed by atoms with Gasteiger partial charge in [-0.05, 0) is 82.4 Å². The molecule has 0 fully saturated rings. The molecule has 1 aromatic rings. The number of rotatable bonds is 45. The lowest BCUT2D eigenvalue weighted by Crippen LogP contribution is -2.16.